The highest BCUT2D eigenvalue weighted by Gasteiger charge is 1.96. The van der Waals surface area contributed by atoms with Crippen molar-refractivity contribution in [2.24, 2.45) is 0 Å². The fourth-order valence-electron chi connectivity index (χ4n) is 1.12. The van der Waals surface area contributed by atoms with E-state index >= 15 is 0 Å². The van der Waals surface area contributed by atoms with Crippen LogP contribution in [0.3, 0.4) is 0 Å². The van der Waals surface area contributed by atoms with Gasteiger partial charge in [0.05, 0.1) is 0 Å². The number of carbonyl (C=O) groups is 1. The standard InChI is InChI=1S/C11H22O2S2/c1-2-7-14-9-10-15-8-5-3-4-6-11(12)13/h2-10H2,1H3,(H,12,13). The summed E-state index contributed by atoms with van der Waals surface area (Å²) < 4.78 is 0. The zero-order valence-corrected chi connectivity index (χ0v) is 11.2. The Bertz CT molecular complexity index is 152. The topological polar surface area (TPSA) is 37.3 Å². The van der Waals surface area contributed by atoms with Crippen LogP contribution in [-0.4, -0.2) is 34.1 Å². The van der Waals surface area contributed by atoms with E-state index in [0.29, 0.717) is 6.42 Å². The number of thioether (sulfide) groups is 2. The molecule has 0 spiro atoms. The molecule has 0 saturated heterocycles. The zero-order valence-electron chi connectivity index (χ0n) is 9.54. The third-order valence-corrected chi connectivity index (χ3v) is 4.42. The van der Waals surface area contributed by atoms with Gasteiger partial charge in [-0.3, -0.25) is 4.79 Å². The van der Waals surface area contributed by atoms with Gasteiger partial charge in [0.25, 0.3) is 0 Å². The molecule has 0 rings (SSSR count). The van der Waals surface area contributed by atoms with Crippen LogP contribution in [-0.2, 0) is 4.79 Å². The first-order valence-electron chi connectivity index (χ1n) is 5.64. The molecule has 0 aliphatic carbocycles. The summed E-state index contributed by atoms with van der Waals surface area (Å²) in [7, 11) is 0. The Kier molecular flexibility index (Phi) is 12.4. The van der Waals surface area contributed by atoms with E-state index in [1.165, 1.54) is 29.4 Å². The number of hydrogen-bond acceptors (Lipinski definition) is 3. The highest BCUT2D eigenvalue weighted by molar-refractivity contribution is 8.02. The van der Waals surface area contributed by atoms with Gasteiger partial charge in [-0.1, -0.05) is 13.3 Å². The minimum absolute atomic E-state index is 0.330. The maximum atomic E-state index is 10.2. The van der Waals surface area contributed by atoms with Crippen molar-refractivity contribution in [3.05, 3.63) is 0 Å². The lowest BCUT2D eigenvalue weighted by Gasteiger charge is -2.01. The van der Waals surface area contributed by atoms with Crippen molar-refractivity contribution >= 4 is 29.5 Å². The number of aliphatic carboxylic acids is 1. The summed E-state index contributed by atoms with van der Waals surface area (Å²) in [5, 5.41) is 8.43. The van der Waals surface area contributed by atoms with Gasteiger partial charge >= 0.3 is 5.97 Å². The molecule has 0 saturated carbocycles. The average molecular weight is 250 g/mol. The fourth-order valence-corrected chi connectivity index (χ4v) is 3.17. The van der Waals surface area contributed by atoms with E-state index in [2.05, 4.69) is 6.92 Å². The van der Waals surface area contributed by atoms with Crippen molar-refractivity contribution in [3.8, 4) is 0 Å². The van der Waals surface area contributed by atoms with E-state index in [1.807, 2.05) is 23.5 Å². The quantitative estimate of drug-likeness (QED) is 0.569. The van der Waals surface area contributed by atoms with Crippen LogP contribution in [0.1, 0.15) is 39.0 Å². The minimum Gasteiger partial charge on any atom is -0.481 e. The molecule has 0 aromatic heterocycles. The molecule has 1 N–H and O–H groups in total. The van der Waals surface area contributed by atoms with Crippen molar-refractivity contribution in [1.82, 2.24) is 0 Å². The Balaban J connectivity index is 2.89. The predicted molar refractivity (Wildman–Crippen MR) is 71.0 cm³/mol. The summed E-state index contributed by atoms with van der Waals surface area (Å²) >= 11 is 4.02. The maximum absolute atomic E-state index is 10.2. The molecule has 0 heterocycles. The number of carboxylic acids is 1. The van der Waals surface area contributed by atoms with Gasteiger partial charge in [-0.05, 0) is 30.8 Å². The number of unbranched alkanes of at least 4 members (excludes halogenated alkanes) is 2. The number of hydrogen-bond donors (Lipinski definition) is 1. The molecule has 0 unspecified atom stereocenters. The van der Waals surface area contributed by atoms with Crippen LogP contribution in [0, 0.1) is 0 Å². The second-order valence-electron chi connectivity index (χ2n) is 3.43. The molecule has 0 aromatic carbocycles. The Morgan fingerprint density at radius 1 is 1.00 bits per heavy atom. The monoisotopic (exact) mass is 250 g/mol. The lowest BCUT2D eigenvalue weighted by molar-refractivity contribution is -0.137. The van der Waals surface area contributed by atoms with Crippen LogP contribution in [0.25, 0.3) is 0 Å². The molecular formula is C11H22O2S2. The molecular weight excluding hydrogens is 228 g/mol. The maximum Gasteiger partial charge on any atom is 0.303 e. The summed E-state index contributed by atoms with van der Waals surface area (Å²) in [6.07, 6.45) is 4.65. The molecule has 0 aromatic rings. The van der Waals surface area contributed by atoms with E-state index in [9.17, 15) is 4.79 Å². The first-order chi connectivity index (χ1) is 7.27. The molecule has 4 heteroatoms. The van der Waals surface area contributed by atoms with E-state index in [1.54, 1.807) is 0 Å². The Labute approximate surface area is 102 Å². The largest absolute Gasteiger partial charge is 0.481 e. The van der Waals surface area contributed by atoms with Crippen LogP contribution in [0.5, 0.6) is 0 Å². The van der Waals surface area contributed by atoms with Crippen LogP contribution < -0.4 is 0 Å². The van der Waals surface area contributed by atoms with Crippen molar-refractivity contribution in [2.45, 2.75) is 39.0 Å². The van der Waals surface area contributed by atoms with Gasteiger partial charge in [-0.15, -0.1) is 0 Å². The molecule has 0 bridgehead atoms. The minimum atomic E-state index is -0.668. The van der Waals surface area contributed by atoms with Crippen molar-refractivity contribution in [3.63, 3.8) is 0 Å². The van der Waals surface area contributed by atoms with Crippen molar-refractivity contribution in [2.75, 3.05) is 23.0 Å². The summed E-state index contributed by atoms with van der Waals surface area (Å²) in [6.45, 7) is 2.21. The molecule has 15 heavy (non-hydrogen) atoms. The summed E-state index contributed by atoms with van der Waals surface area (Å²) in [5.74, 6) is 4.29. The highest BCUT2D eigenvalue weighted by Crippen LogP contribution is 2.11. The molecule has 2 nitrogen and oxygen atoms in total. The summed E-state index contributed by atoms with van der Waals surface area (Å²) in [5.41, 5.74) is 0. The molecule has 0 atom stereocenters. The zero-order chi connectivity index (χ0) is 11.4. The first kappa shape index (κ1) is 15.2. The normalized spacial score (nSPS) is 10.5. The molecule has 0 aliphatic rings. The van der Waals surface area contributed by atoms with Gasteiger partial charge < -0.3 is 5.11 Å². The lowest BCUT2D eigenvalue weighted by atomic mass is 10.2. The second kappa shape index (κ2) is 12.2. The molecule has 0 fully saturated rings. The summed E-state index contributed by atoms with van der Waals surface area (Å²) in [4.78, 5) is 10.2. The van der Waals surface area contributed by atoms with Crippen molar-refractivity contribution < 1.29 is 9.90 Å². The first-order valence-corrected chi connectivity index (χ1v) is 7.95. The third kappa shape index (κ3) is 14.2. The molecule has 0 amide bonds. The van der Waals surface area contributed by atoms with Gasteiger partial charge in [-0.25, -0.2) is 0 Å². The van der Waals surface area contributed by atoms with Gasteiger partial charge in [-0.2, -0.15) is 23.5 Å². The van der Waals surface area contributed by atoms with E-state index in [-0.39, 0.29) is 0 Å². The van der Waals surface area contributed by atoms with Gasteiger partial charge in [0.15, 0.2) is 0 Å². The second-order valence-corrected chi connectivity index (χ2v) is 5.88. The van der Waals surface area contributed by atoms with Crippen LogP contribution in [0.15, 0.2) is 0 Å². The molecule has 90 valence electrons. The molecule has 0 aliphatic heterocycles. The Morgan fingerprint density at radius 3 is 2.27 bits per heavy atom. The fraction of sp³-hybridized carbons (Fsp3) is 0.909. The van der Waals surface area contributed by atoms with Crippen LogP contribution in [0.2, 0.25) is 0 Å². The Hall–Kier alpha value is 0.170. The van der Waals surface area contributed by atoms with Gasteiger partial charge in [0, 0.05) is 17.9 Å². The van der Waals surface area contributed by atoms with Gasteiger partial charge in [0.1, 0.15) is 0 Å². The van der Waals surface area contributed by atoms with E-state index < -0.39 is 5.97 Å². The molecule has 0 radical (unpaired) electrons. The van der Waals surface area contributed by atoms with Crippen LogP contribution >= 0.6 is 23.5 Å². The third-order valence-electron chi connectivity index (χ3n) is 1.90. The average Bonchev–Trinajstić information content (AvgIpc) is 2.20. The predicted octanol–water partition coefficient (Wildman–Crippen LogP) is 3.51. The smallest absolute Gasteiger partial charge is 0.303 e. The SMILES string of the molecule is CCCSCCSCCCCCC(=O)O. The van der Waals surface area contributed by atoms with E-state index in [0.717, 1.165) is 19.3 Å². The van der Waals surface area contributed by atoms with E-state index in [4.69, 9.17) is 5.11 Å². The lowest BCUT2D eigenvalue weighted by Crippen LogP contribution is -1.94. The van der Waals surface area contributed by atoms with Gasteiger partial charge in [0.2, 0.25) is 0 Å². The highest BCUT2D eigenvalue weighted by atomic mass is 32.2. The summed E-state index contributed by atoms with van der Waals surface area (Å²) in [6, 6.07) is 0. The number of carboxylic acid groups (broad SMARTS) is 1. The Morgan fingerprint density at radius 2 is 1.67 bits per heavy atom. The van der Waals surface area contributed by atoms with Crippen molar-refractivity contribution in [1.29, 1.82) is 0 Å². The number of rotatable bonds is 11. The van der Waals surface area contributed by atoms with Crippen LogP contribution in [0.4, 0.5) is 0 Å².